The normalized spacial score (nSPS) is 35.5. The van der Waals surface area contributed by atoms with Crippen molar-refractivity contribution in [2.24, 2.45) is 0 Å². The summed E-state index contributed by atoms with van der Waals surface area (Å²) in [6.45, 7) is -5.14. The first kappa shape index (κ1) is 27.5. The second-order valence-electron chi connectivity index (χ2n) is 9.72. The molecule has 0 bridgehead atoms. The van der Waals surface area contributed by atoms with Gasteiger partial charge in [-0.3, -0.25) is 23.7 Å². The van der Waals surface area contributed by atoms with Gasteiger partial charge in [0.15, 0.2) is 52.7 Å². The SMILES string of the molecule is Nc1nc2c(ncn2[C@@H]2O[C@@H]3C(O)[C@]3(F)C2OP(O)(=S)OC[C@H]2O[C@@H](n3nnc4c(=O)[nH]cnc43)[C@@H](F)[C@@H]2O)c(=O)[nH]1. The lowest BCUT2D eigenvalue weighted by atomic mass is 10.1. The van der Waals surface area contributed by atoms with E-state index < -0.39 is 79.3 Å². The van der Waals surface area contributed by atoms with Gasteiger partial charge in [0.2, 0.25) is 5.95 Å². The number of rotatable bonds is 7. The molecule has 0 aromatic carbocycles. The Morgan fingerprint density at radius 1 is 1.19 bits per heavy atom. The Morgan fingerprint density at radius 2 is 1.98 bits per heavy atom. The summed E-state index contributed by atoms with van der Waals surface area (Å²) in [6, 6.07) is 0. The lowest BCUT2D eigenvalue weighted by Gasteiger charge is -2.29. The molecule has 10 atom stereocenters. The Hall–Kier alpha value is -3.34. The van der Waals surface area contributed by atoms with E-state index in [9.17, 15) is 24.7 Å². The van der Waals surface area contributed by atoms with Gasteiger partial charge in [0.05, 0.1) is 19.3 Å². The van der Waals surface area contributed by atoms with E-state index >= 15 is 8.78 Å². The molecule has 1 aliphatic carbocycles. The molecular formula is C19H19F2N10O9PS. The van der Waals surface area contributed by atoms with E-state index in [0.717, 1.165) is 21.9 Å². The number of fused-ring (bicyclic) bond motifs is 3. The van der Waals surface area contributed by atoms with Gasteiger partial charge in [-0.25, -0.2) is 18.7 Å². The fraction of sp³-hybridized carbons (Fsp3) is 0.526. The Labute approximate surface area is 234 Å². The Kier molecular flexibility index (Phi) is 6.11. The highest BCUT2D eigenvalue weighted by molar-refractivity contribution is 8.07. The summed E-state index contributed by atoms with van der Waals surface area (Å²) in [5, 5.41) is 27.8. The van der Waals surface area contributed by atoms with Gasteiger partial charge < -0.3 is 39.8 Å². The van der Waals surface area contributed by atoms with E-state index in [0.29, 0.717) is 0 Å². The third-order valence-electron chi connectivity index (χ3n) is 7.22. The minimum absolute atomic E-state index is 0.0963. The maximum Gasteiger partial charge on any atom is 0.325 e. The first-order valence-corrected chi connectivity index (χ1v) is 14.7. The Morgan fingerprint density at radius 3 is 2.76 bits per heavy atom. The predicted molar refractivity (Wildman–Crippen MR) is 134 cm³/mol. The number of halogens is 2. The smallest absolute Gasteiger partial charge is 0.325 e. The molecule has 1 saturated carbocycles. The Balaban J connectivity index is 1.10. The van der Waals surface area contributed by atoms with E-state index in [4.69, 9.17) is 36.1 Å². The molecule has 224 valence electrons. The maximum atomic E-state index is 15.7. The number of aliphatic hydroxyl groups excluding tert-OH is 2. The van der Waals surface area contributed by atoms with Crippen LogP contribution in [0, 0.1) is 0 Å². The van der Waals surface area contributed by atoms with Crippen LogP contribution < -0.4 is 16.9 Å². The van der Waals surface area contributed by atoms with Crippen LogP contribution in [0.4, 0.5) is 14.7 Å². The van der Waals surface area contributed by atoms with Gasteiger partial charge in [0, 0.05) is 0 Å². The zero-order valence-electron chi connectivity index (χ0n) is 20.6. The number of nitrogens with one attached hydrogen (secondary N) is 2. The van der Waals surface area contributed by atoms with Gasteiger partial charge in [0.1, 0.15) is 24.4 Å². The summed E-state index contributed by atoms with van der Waals surface area (Å²) in [7, 11) is 0. The number of hydrogen-bond donors (Lipinski definition) is 6. The van der Waals surface area contributed by atoms with Crippen LogP contribution in [-0.4, -0.2) is 109 Å². The Bertz CT molecular complexity index is 1890. The van der Waals surface area contributed by atoms with E-state index in [1.165, 1.54) is 0 Å². The number of aliphatic hydroxyl groups is 2. The zero-order valence-corrected chi connectivity index (χ0v) is 22.3. The second-order valence-corrected chi connectivity index (χ2v) is 12.5. The van der Waals surface area contributed by atoms with Crippen LogP contribution in [-0.2, 0) is 30.3 Å². The van der Waals surface area contributed by atoms with Gasteiger partial charge in [0.25, 0.3) is 11.1 Å². The molecule has 0 amide bonds. The molecule has 0 spiro atoms. The van der Waals surface area contributed by atoms with E-state index in [1.54, 1.807) is 0 Å². The monoisotopic (exact) mass is 632 g/mol. The number of nitrogens with zero attached hydrogens (tertiary/aromatic N) is 7. The zero-order chi connectivity index (χ0) is 29.7. The summed E-state index contributed by atoms with van der Waals surface area (Å²) in [4.78, 5) is 51.2. The van der Waals surface area contributed by atoms with Crippen LogP contribution in [0.15, 0.2) is 22.2 Å². The van der Waals surface area contributed by atoms with Gasteiger partial charge >= 0.3 is 6.72 Å². The molecule has 23 heteroatoms. The molecule has 19 nitrogen and oxygen atoms in total. The quantitative estimate of drug-likeness (QED) is 0.114. The lowest BCUT2D eigenvalue weighted by molar-refractivity contribution is -0.0799. The van der Waals surface area contributed by atoms with Crippen LogP contribution in [0.2, 0.25) is 0 Å². The van der Waals surface area contributed by atoms with Gasteiger partial charge in [-0.05, 0) is 11.8 Å². The third kappa shape index (κ3) is 4.02. The number of nitrogen functional groups attached to an aromatic ring is 1. The molecule has 3 aliphatic rings. The number of nitrogens with two attached hydrogens (primary N) is 1. The number of H-pyrrole nitrogens is 2. The van der Waals surface area contributed by atoms with Crippen LogP contribution in [0.1, 0.15) is 12.5 Å². The molecule has 6 heterocycles. The fourth-order valence-electron chi connectivity index (χ4n) is 5.08. The molecular weight excluding hydrogens is 613 g/mol. The predicted octanol–water partition coefficient (Wildman–Crippen LogP) is -2.57. The largest absolute Gasteiger partial charge is 0.387 e. The fourth-order valence-corrected chi connectivity index (χ4v) is 6.49. The molecule has 2 saturated heterocycles. The first-order valence-electron chi connectivity index (χ1n) is 12.1. The van der Waals surface area contributed by atoms with Crippen molar-refractivity contribution in [3.05, 3.63) is 33.4 Å². The molecule has 3 unspecified atom stereocenters. The molecule has 4 aromatic rings. The molecule has 3 fully saturated rings. The average Bonchev–Trinajstić information content (AvgIpc) is 3.47. The highest BCUT2D eigenvalue weighted by Gasteiger charge is 2.80. The molecule has 7 N–H and O–H groups in total. The van der Waals surface area contributed by atoms with Crippen molar-refractivity contribution in [1.29, 1.82) is 0 Å². The van der Waals surface area contributed by atoms with Gasteiger partial charge in [-0.1, -0.05) is 5.21 Å². The summed E-state index contributed by atoms with van der Waals surface area (Å²) in [6.07, 6.45) is -11.0. The third-order valence-corrected chi connectivity index (χ3v) is 8.77. The lowest BCUT2D eigenvalue weighted by Crippen LogP contribution is -2.36. The average molecular weight is 632 g/mol. The van der Waals surface area contributed by atoms with Crippen molar-refractivity contribution in [2.45, 2.75) is 54.8 Å². The van der Waals surface area contributed by atoms with Gasteiger partial charge in [-0.2, -0.15) is 9.67 Å². The summed E-state index contributed by atoms with van der Waals surface area (Å²) in [5.74, 6) is -0.262. The van der Waals surface area contributed by atoms with Crippen LogP contribution in [0.3, 0.4) is 0 Å². The standard InChI is InChI=1S/C19H19F2N10O9PS/c20-5-8(32)4(38-16(5)31-12-7(28-29-31)14(34)24-2-23-12)1-37-41(36,42)40-11-17(39-10-9(33)19(10,11)21)30-3-25-6-13(30)26-18(22)27-15(6)35/h2-5,8-11,16-17,32-33H,1H2,(H,36,42)(H,23,24,34)(H3,22,26,27,35)/t4-,5+,8-,9?,10-,11?,16-,17-,19-,41?/m1/s1. The molecule has 7 rings (SSSR count). The number of anilines is 1. The summed E-state index contributed by atoms with van der Waals surface area (Å²) < 4.78 is 54.6. The second kappa shape index (κ2) is 9.33. The number of alkyl halides is 2. The topological polar surface area (TPSA) is 264 Å². The number of aromatic amines is 2. The highest BCUT2D eigenvalue weighted by Crippen LogP contribution is 2.62. The molecule has 2 aliphatic heterocycles. The van der Waals surface area contributed by atoms with Crippen molar-refractivity contribution in [1.82, 2.24) is 44.5 Å². The van der Waals surface area contributed by atoms with Gasteiger partial charge in [-0.15, -0.1) is 5.10 Å². The van der Waals surface area contributed by atoms with E-state index in [-0.39, 0.29) is 28.3 Å². The summed E-state index contributed by atoms with van der Waals surface area (Å²) >= 11 is 5.05. The van der Waals surface area contributed by atoms with Crippen molar-refractivity contribution >= 4 is 46.8 Å². The number of imidazole rings is 1. The molecule has 0 radical (unpaired) electrons. The van der Waals surface area contributed by atoms with Crippen molar-refractivity contribution in [3.8, 4) is 0 Å². The van der Waals surface area contributed by atoms with Crippen molar-refractivity contribution in [2.75, 3.05) is 12.3 Å². The van der Waals surface area contributed by atoms with Crippen LogP contribution in [0.25, 0.3) is 22.3 Å². The number of hydrogen-bond acceptors (Lipinski definition) is 15. The van der Waals surface area contributed by atoms with Crippen molar-refractivity contribution < 1.29 is 42.4 Å². The first-order chi connectivity index (χ1) is 19.9. The minimum Gasteiger partial charge on any atom is -0.387 e. The maximum absolute atomic E-state index is 15.7. The molecule has 42 heavy (non-hydrogen) atoms. The van der Waals surface area contributed by atoms with E-state index in [1.807, 2.05) is 0 Å². The van der Waals surface area contributed by atoms with E-state index in [2.05, 4.69) is 35.2 Å². The highest BCUT2D eigenvalue weighted by atomic mass is 32.5. The van der Waals surface area contributed by atoms with Crippen LogP contribution in [0.5, 0.6) is 0 Å². The number of ether oxygens (including phenoxy) is 2. The molecule has 4 aromatic heterocycles. The number of aromatic nitrogens is 9. The summed E-state index contributed by atoms with van der Waals surface area (Å²) in [5.41, 5.74) is 1.23. The van der Waals surface area contributed by atoms with Crippen molar-refractivity contribution in [3.63, 3.8) is 0 Å². The van der Waals surface area contributed by atoms with Crippen LogP contribution >= 0.6 is 6.72 Å². The minimum atomic E-state index is -4.41.